The molecular weight excluding hydrogens is 292 g/mol. The summed E-state index contributed by atoms with van der Waals surface area (Å²) in [6, 6.07) is 0. The first-order chi connectivity index (χ1) is 9.80. The molecule has 120 valence electrons. The van der Waals surface area contributed by atoms with Gasteiger partial charge in [0, 0.05) is 12.5 Å². The number of aliphatic carboxylic acids is 1. The lowest BCUT2D eigenvalue weighted by molar-refractivity contribution is -0.131. The van der Waals surface area contributed by atoms with E-state index < -0.39 is 31.7 Å². The molecule has 0 amide bonds. The molecule has 1 fully saturated rings. The standard InChI is InChI=1S/C15H24O5S/c1-3-4-5-6-7-8-11(2)13-9-12(16)14(10-15(17)18)21(13,19)20/h10-11,13H,3-9H2,1-2H3,(H,17,18)/b14-10-. The third-order valence-electron chi connectivity index (χ3n) is 4.02. The molecule has 1 aliphatic heterocycles. The van der Waals surface area contributed by atoms with E-state index in [0.717, 1.165) is 32.1 Å². The number of rotatable bonds is 8. The molecule has 0 aromatic carbocycles. The fourth-order valence-corrected chi connectivity index (χ4v) is 4.86. The Morgan fingerprint density at radius 1 is 1.33 bits per heavy atom. The van der Waals surface area contributed by atoms with Gasteiger partial charge in [-0.25, -0.2) is 13.2 Å². The summed E-state index contributed by atoms with van der Waals surface area (Å²) >= 11 is 0. The van der Waals surface area contributed by atoms with E-state index in [-0.39, 0.29) is 12.3 Å². The number of hydrogen-bond donors (Lipinski definition) is 1. The zero-order chi connectivity index (χ0) is 16.0. The van der Waals surface area contributed by atoms with Crippen LogP contribution in [0.3, 0.4) is 0 Å². The van der Waals surface area contributed by atoms with Crippen LogP contribution in [0, 0.1) is 5.92 Å². The average molecular weight is 316 g/mol. The molecule has 0 saturated carbocycles. The van der Waals surface area contributed by atoms with Crippen molar-refractivity contribution < 1.29 is 23.1 Å². The summed E-state index contributed by atoms with van der Waals surface area (Å²) in [5.74, 6) is -2.09. The third-order valence-corrected chi connectivity index (χ3v) is 6.41. The van der Waals surface area contributed by atoms with E-state index in [1.165, 1.54) is 6.42 Å². The van der Waals surface area contributed by atoms with Gasteiger partial charge in [0.25, 0.3) is 0 Å². The van der Waals surface area contributed by atoms with Crippen LogP contribution in [-0.2, 0) is 19.4 Å². The van der Waals surface area contributed by atoms with Crippen LogP contribution in [-0.4, -0.2) is 30.5 Å². The van der Waals surface area contributed by atoms with Gasteiger partial charge in [-0.1, -0.05) is 46.0 Å². The van der Waals surface area contributed by atoms with E-state index in [4.69, 9.17) is 5.11 Å². The number of hydrogen-bond acceptors (Lipinski definition) is 4. The van der Waals surface area contributed by atoms with E-state index in [0.29, 0.717) is 6.08 Å². The zero-order valence-corrected chi connectivity index (χ0v) is 13.5. The summed E-state index contributed by atoms with van der Waals surface area (Å²) in [6.07, 6.45) is 6.69. The Morgan fingerprint density at radius 3 is 2.52 bits per heavy atom. The summed E-state index contributed by atoms with van der Waals surface area (Å²) in [5, 5.41) is 7.92. The molecule has 1 rings (SSSR count). The van der Waals surface area contributed by atoms with Gasteiger partial charge in [0.1, 0.15) is 4.91 Å². The van der Waals surface area contributed by atoms with Crippen molar-refractivity contribution in [2.45, 2.75) is 64.0 Å². The van der Waals surface area contributed by atoms with Crippen LogP contribution < -0.4 is 0 Å². The van der Waals surface area contributed by atoms with E-state index in [2.05, 4.69) is 6.92 Å². The Balaban J connectivity index is 2.68. The minimum absolute atomic E-state index is 0.0857. The van der Waals surface area contributed by atoms with Gasteiger partial charge in [-0.2, -0.15) is 0 Å². The number of carboxylic acid groups (broad SMARTS) is 1. The van der Waals surface area contributed by atoms with Crippen LogP contribution in [0.2, 0.25) is 0 Å². The first-order valence-electron chi connectivity index (χ1n) is 7.52. The van der Waals surface area contributed by atoms with Crippen molar-refractivity contribution in [2.24, 2.45) is 5.92 Å². The lowest BCUT2D eigenvalue weighted by Crippen LogP contribution is -2.23. The number of carbonyl (C=O) groups is 2. The molecule has 0 aromatic heterocycles. The maximum atomic E-state index is 12.3. The lowest BCUT2D eigenvalue weighted by Gasteiger charge is -2.17. The first-order valence-corrected chi connectivity index (χ1v) is 9.07. The number of ketones is 1. The highest BCUT2D eigenvalue weighted by molar-refractivity contribution is 7.97. The lowest BCUT2D eigenvalue weighted by atomic mass is 9.96. The minimum atomic E-state index is -3.79. The highest BCUT2D eigenvalue weighted by Crippen LogP contribution is 2.34. The Bertz CT molecular complexity index is 518. The highest BCUT2D eigenvalue weighted by Gasteiger charge is 2.45. The number of unbranched alkanes of at least 4 members (excludes halogenated alkanes) is 4. The second-order valence-electron chi connectivity index (χ2n) is 5.74. The molecule has 2 unspecified atom stereocenters. The molecule has 6 heteroatoms. The van der Waals surface area contributed by atoms with Gasteiger partial charge in [-0.05, 0) is 12.3 Å². The Kier molecular flexibility index (Phi) is 6.58. The molecule has 1 saturated heterocycles. The van der Waals surface area contributed by atoms with Gasteiger partial charge in [0.2, 0.25) is 0 Å². The third kappa shape index (κ3) is 4.66. The fourth-order valence-electron chi connectivity index (χ4n) is 2.75. The Labute approximate surface area is 126 Å². The summed E-state index contributed by atoms with van der Waals surface area (Å²) in [7, 11) is -3.79. The molecule has 5 nitrogen and oxygen atoms in total. The summed E-state index contributed by atoms with van der Waals surface area (Å²) in [6.45, 7) is 3.97. The maximum Gasteiger partial charge on any atom is 0.329 e. The van der Waals surface area contributed by atoms with Crippen molar-refractivity contribution in [3.8, 4) is 0 Å². The largest absolute Gasteiger partial charge is 0.478 e. The summed E-state index contributed by atoms with van der Waals surface area (Å²) in [5.41, 5.74) is 0. The van der Waals surface area contributed by atoms with Crippen LogP contribution in [0.5, 0.6) is 0 Å². The van der Waals surface area contributed by atoms with E-state index in [9.17, 15) is 18.0 Å². The second kappa shape index (κ2) is 7.73. The molecule has 1 N–H and O–H groups in total. The molecule has 1 heterocycles. The Hall–Kier alpha value is -1.17. The maximum absolute atomic E-state index is 12.3. The van der Waals surface area contributed by atoms with Crippen LogP contribution in [0.15, 0.2) is 11.0 Å². The first kappa shape index (κ1) is 17.9. The van der Waals surface area contributed by atoms with Gasteiger partial charge in [-0.3, -0.25) is 4.79 Å². The number of allylic oxidation sites excluding steroid dienone is 1. The molecule has 0 aromatic rings. The topological polar surface area (TPSA) is 88.5 Å². The number of carboxylic acids is 1. The summed E-state index contributed by atoms with van der Waals surface area (Å²) in [4.78, 5) is 21.9. The van der Waals surface area contributed by atoms with Crippen LogP contribution in [0.1, 0.15) is 58.8 Å². The van der Waals surface area contributed by atoms with Crippen LogP contribution >= 0.6 is 0 Å². The average Bonchev–Trinajstić information content (AvgIpc) is 2.61. The predicted octanol–water partition coefficient (Wildman–Crippen LogP) is 2.71. The SMILES string of the molecule is CCCCCCCC(C)C1CC(=O)/C(=C/C(=O)O)S1(=O)=O. The molecule has 0 radical (unpaired) electrons. The number of Topliss-reactive ketones (excluding diaryl/α,β-unsaturated/α-hetero) is 1. The molecular formula is C15H24O5S. The van der Waals surface area contributed by atoms with Gasteiger partial charge in [-0.15, -0.1) is 0 Å². The van der Waals surface area contributed by atoms with Gasteiger partial charge < -0.3 is 5.11 Å². The van der Waals surface area contributed by atoms with Crippen molar-refractivity contribution in [1.82, 2.24) is 0 Å². The van der Waals surface area contributed by atoms with Gasteiger partial charge in [0.15, 0.2) is 15.6 Å². The minimum Gasteiger partial charge on any atom is -0.478 e. The van der Waals surface area contributed by atoms with Crippen molar-refractivity contribution in [1.29, 1.82) is 0 Å². The fraction of sp³-hybridized carbons (Fsp3) is 0.733. The van der Waals surface area contributed by atoms with E-state index in [1.54, 1.807) is 0 Å². The second-order valence-corrected chi connectivity index (χ2v) is 7.87. The smallest absolute Gasteiger partial charge is 0.329 e. The normalized spacial score (nSPS) is 24.4. The molecule has 0 bridgehead atoms. The van der Waals surface area contributed by atoms with Crippen molar-refractivity contribution in [3.05, 3.63) is 11.0 Å². The molecule has 0 aliphatic carbocycles. The molecule has 0 spiro atoms. The van der Waals surface area contributed by atoms with Crippen molar-refractivity contribution >= 4 is 21.6 Å². The van der Waals surface area contributed by atoms with Crippen molar-refractivity contribution in [3.63, 3.8) is 0 Å². The predicted molar refractivity (Wildman–Crippen MR) is 80.6 cm³/mol. The van der Waals surface area contributed by atoms with Crippen LogP contribution in [0.4, 0.5) is 0 Å². The summed E-state index contributed by atoms with van der Waals surface area (Å²) < 4.78 is 24.5. The van der Waals surface area contributed by atoms with E-state index >= 15 is 0 Å². The van der Waals surface area contributed by atoms with Crippen molar-refractivity contribution in [2.75, 3.05) is 0 Å². The molecule has 2 atom stereocenters. The van der Waals surface area contributed by atoms with Gasteiger partial charge >= 0.3 is 5.97 Å². The Morgan fingerprint density at radius 2 is 1.95 bits per heavy atom. The van der Waals surface area contributed by atoms with E-state index in [1.807, 2.05) is 6.92 Å². The number of carbonyl (C=O) groups excluding carboxylic acids is 1. The highest BCUT2D eigenvalue weighted by atomic mass is 32.2. The number of sulfone groups is 1. The zero-order valence-electron chi connectivity index (χ0n) is 12.7. The van der Waals surface area contributed by atoms with Gasteiger partial charge in [0.05, 0.1) is 5.25 Å². The monoisotopic (exact) mass is 316 g/mol. The quantitative estimate of drug-likeness (QED) is 0.549. The molecule has 21 heavy (non-hydrogen) atoms. The molecule has 1 aliphatic rings. The van der Waals surface area contributed by atoms with Crippen LogP contribution in [0.25, 0.3) is 0 Å².